The molecule has 0 saturated heterocycles. The number of hydrogen-bond donors (Lipinski definition) is 4. The van der Waals surface area contributed by atoms with Crippen LogP contribution in [0.3, 0.4) is 0 Å². The maximum absolute atomic E-state index is 11.9. The minimum Gasteiger partial charge on any atom is -0.508 e. The van der Waals surface area contributed by atoms with Gasteiger partial charge in [-0.05, 0) is 41.0 Å². The second-order valence-corrected chi connectivity index (χ2v) is 5.77. The molecule has 0 saturated carbocycles. The fourth-order valence-corrected chi connectivity index (χ4v) is 2.51. The maximum atomic E-state index is 11.9. The molecule has 0 fully saturated rings. The molecule has 3 rings (SSSR count). The van der Waals surface area contributed by atoms with Gasteiger partial charge in [-0.3, -0.25) is 9.89 Å². The Hall–Kier alpha value is -3.45. The number of aromatic amines is 1. The molecule has 0 aliphatic carbocycles. The Morgan fingerprint density at radius 1 is 1.12 bits per heavy atom. The number of primary amides is 1. The van der Waals surface area contributed by atoms with Crippen molar-refractivity contribution in [2.45, 2.75) is 13.0 Å². The quantitative estimate of drug-likeness (QED) is 0.508. The van der Waals surface area contributed by atoms with E-state index in [1.807, 2.05) is 24.3 Å². The molecular weight excluding hydrogens is 332 g/mol. The van der Waals surface area contributed by atoms with Gasteiger partial charge in [0.1, 0.15) is 11.3 Å². The molecule has 132 valence electrons. The molecule has 0 spiro atoms. The van der Waals surface area contributed by atoms with Crippen LogP contribution in [0.1, 0.15) is 32.7 Å². The molecule has 1 heterocycles. The molecule has 0 radical (unpaired) electrons. The van der Waals surface area contributed by atoms with E-state index in [1.165, 1.54) is 0 Å². The number of aliphatic imine (C=N–C) groups is 1. The molecule has 1 aromatic heterocycles. The van der Waals surface area contributed by atoms with E-state index in [0.717, 1.165) is 16.7 Å². The number of nitrogens with zero attached hydrogens (tertiary/aromatic N) is 2. The van der Waals surface area contributed by atoms with Crippen molar-refractivity contribution in [1.82, 2.24) is 10.2 Å². The van der Waals surface area contributed by atoms with Crippen molar-refractivity contribution in [1.29, 1.82) is 0 Å². The summed E-state index contributed by atoms with van der Waals surface area (Å²) in [5, 5.41) is 25.3. The number of nitrogens with two attached hydrogens (primary N) is 1. The van der Waals surface area contributed by atoms with Gasteiger partial charge in [0.15, 0.2) is 5.82 Å². The molecule has 0 bridgehead atoms. The summed E-state index contributed by atoms with van der Waals surface area (Å²) in [6, 6.07) is 13.9. The number of carbonyl (C=O) groups is 1. The van der Waals surface area contributed by atoms with Crippen LogP contribution < -0.4 is 5.73 Å². The monoisotopic (exact) mass is 350 g/mol. The van der Waals surface area contributed by atoms with Crippen LogP contribution in [0.2, 0.25) is 0 Å². The summed E-state index contributed by atoms with van der Waals surface area (Å²) >= 11 is 0. The molecule has 2 aromatic carbocycles. The summed E-state index contributed by atoms with van der Waals surface area (Å²) in [6.07, 6.45) is 1.98. The van der Waals surface area contributed by atoms with Gasteiger partial charge in [-0.15, -0.1) is 0 Å². The van der Waals surface area contributed by atoms with Crippen LogP contribution in [-0.4, -0.2) is 32.5 Å². The van der Waals surface area contributed by atoms with Crippen molar-refractivity contribution in [2.24, 2.45) is 10.7 Å². The van der Waals surface area contributed by atoms with Gasteiger partial charge in [0, 0.05) is 12.6 Å². The smallest absolute Gasteiger partial charge is 0.254 e. The summed E-state index contributed by atoms with van der Waals surface area (Å²) < 4.78 is 0. The molecule has 0 unspecified atom stereocenters. The predicted octanol–water partition coefficient (Wildman–Crippen LogP) is 2.05. The van der Waals surface area contributed by atoms with E-state index in [9.17, 15) is 9.90 Å². The first-order valence-corrected chi connectivity index (χ1v) is 7.95. The van der Waals surface area contributed by atoms with Crippen molar-refractivity contribution in [3.05, 3.63) is 76.5 Å². The topological polar surface area (TPSA) is 125 Å². The first-order valence-electron chi connectivity index (χ1n) is 7.95. The van der Waals surface area contributed by atoms with Gasteiger partial charge >= 0.3 is 0 Å². The Morgan fingerprint density at radius 3 is 2.38 bits per heavy atom. The fraction of sp³-hybridized carbons (Fsp3) is 0.105. The number of aliphatic hydroxyl groups excluding tert-OH is 1. The van der Waals surface area contributed by atoms with Crippen molar-refractivity contribution in [2.75, 3.05) is 0 Å². The Kier molecular flexibility index (Phi) is 5.09. The van der Waals surface area contributed by atoms with Crippen LogP contribution in [0.5, 0.6) is 5.75 Å². The third-order valence-corrected chi connectivity index (χ3v) is 3.88. The van der Waals surface area contributed by atoms with Crippen LogP contribution in [0.4, 0.5) is 5.82 Å². The summed E-state index contributed by atoms with van der Waals surface area (Å²) in [5.41, 5.74) is 8.84. The fourth-order valence-electron chi connectivity index (χ4n) is 2.51. The summed E-state index contributed by atoms with van der Waals surface area (Å²) in [6.45, 7) is -0.0208. The molecule has 5 N–H and O–H groups in total. The number of rotatable bonds is 6. The largest absolute Gasteiger partial charge is 0.508 e. The van der Waals surface area contributed by atoms with Crippen molar-refractivity contribution in [3.8, 4) is 5.75 Å². The highest BCUT2D eigenvalue weighted by molar-refractivity contribution is 5.99. The van der Waals surface area contributed by atoms with Crippen molar-refractivity contribution in [3.63, 3.8) is 0 Å². The number of benzene rings is 2. The van der Waals surface area contributed by atoms with Gasteiger partial charge in [0.05, 0.1) is 12.3 Å². The van der Waals surface area contributed by atoms with Crippen LogP contribution in [0.25, 0.3) is 0 Å². The number of amides is 1. The highest BCUT2D eigenvalue weighted by Gasteiger charge is 2.18. The van der Waals surface area contributed by atoms with Gasteiger partial charge in [-0.2, -0.15) is 5.10 Å². The van der Waals surface area contributed by atoms with E-state index in [4.69, 9.17) is 10.8 Å². The van der Waals surface area contributed by atoms with Crippen molar-refractivity contribution >= 4 is 17.9 Å². The minimum absolute atomic E-state index is 0.0208. The lowest BCUT2D eigenvalue weighted by molar-refractivity contribution is 0.100. The third kappa shape index (κ3) is 3.96. The van der Waals surface area contributed by atoms with Gasteiger partial charge < -0.3 is 15.9 Å². The van der Waals surface area contributed by atoms with E-state index in [1.54, 1.807) is 30.5 Å². The number of H-pyrrole nitrogens is 1. The number of carbonyl (C=O) groups excluding carboxylic acids is 1. The Bertz CT molecular complexity index is 928. The number of aliphatic hydroxyl groups is 1. The first kappa shape index (κ1) is 17.4. The predicted molar refractivity (Wildman–Crippen MR) is 97.6 cm³/mol. The highest BCUT2D eigenvalue weighted by Crippen LogP contribution is 2.22. The molecule has 3 aromatic rings. The highest BCUT2D eigenvalue weighted by atomic mass is 16.3. The zero-order valence-electron chi connectivity index (χ0n) is 13.9. The molecule has 7 nitrogen and oxygen atoms in total. The van der Waals surface area contributed by atoms with Crippen LogP contribution in [-0.2, 0) is 13.0 Å². The third-order valence-electron chi connectivity index (χ3n) is 3.88. The zero-order chi connectivity index (χ0) is 18.5. The lowest BCUT2D eigenvalue weighted by Crippen LogP contribution is -2.13. The Labute approximate surface area is 149 Å². The zero-order valence-corrected chi connectivity index (χ0v) is 13.9. The summed E-state index contributed by atoms with van der Waals surface area (Å²) in [4.78, 5) is 16.1. The van der Waals surface area contributed by atoms with E-state index < -0.39 is 5.91 Å². The molecule has 26 heavy (non-hydrogen) atoms. The van der Waals surface area contributed by atoms with Crippen LogP contribution in [0.15, 0.2) is 53.5 Å². The number of nitrogens with one attached hydrogen (secondary N) is 1. The van der Waals surface area contributed by atoms with E-state index in [2.05, 4.69) is 15.2 Å². The SMILES string of the molecule is NC(=O)c1c(N=Cc2ccc(O)cc2)n[nH]c1Cc1ccc(CO)cc1. The number of phenols is 1. The van der Waals surface area contributed by atoms with Gasteiger partial charge in [-0.1, -0.05) is 24.3 Å². The molecule has 0 atom stereocenters. The number of phenolic OH excluding ortho intramolecular Hbond substituents is 1. The molecule has 0 aliphatic heterocycles. The second kappa shape index (κ2) is 7.62. The summed E-state index contributed by atoms with van der Waals surface area (Å²) in [5.74, 6) is -0.236. The second-order valence-electron chi connectivity index (χ2n) is 5.77. The van der Waals surface area contributed by atoms with Gasteiger partial charge in [-0.25, -0.2) is 4.99 Å². The lowest BCUT2D eigenvalue weighted by Gasteiger charge is -2.03. The molecule has 7 heteroatoms. The standard InChI is InChI=1S/C19H18N4O3/c20-18(26)17-16(9-12-1-3-14(11-24)4-2-12)22-23-19(17)21-10-13-5-7-15(25)8-6-13/h1-8,10,24-25H,9,11H2,(H2,20,26)(H,22,23). The number of aromatic nitrogens is 2. The summed E-state index contributed by atoms with van der Waals surface area (Å²) in [7, 11) is 0. The average Bonchev–Trinajstić information content (AvgIpc) is 3.04. The number of aromatic hydroxyl groups is 1. The van der Waals surface area contributed by atoms with Crippen molar-refractivity contribution < 1.29 is 15.0 Å². The minimum atomic E-state index is -0.612. The average molecular weight is 350 g/mol. The molecule has 1 amide bonds. The maximum Gasteiger partial charge on any atom is 0.254 e. The van der Waals surface area contributed by atoms with Gasteiger partial charge in [0.25, 0.3) is 5.91 Å². The van der Waals surface area contributed by atoms with E-state index >= 15 is 0 Å². The molecule has 0 aliphatic rings. The van der Waals surface area contributed by atoms with Gasteiger partial charge in [0.2, 0.25) is 0 Å². The Balaban J connectivity index is 1.85. The van der Waals surface area contributed by atoms with Crippen LogP contribution >= 0.6 is 0 Å². The van der Waals surface area contributed by atoms with Crippen LogP contribution in [0, 0.1) is 0 Å². The Morgan fingerprint density at radius 2 is 1.77 bits per heavy atom. The normalized spacial score (nSPS) is 11.1. The number of hydrogen-bond acceptors (Lipinski definition) is 5. The van der Waals surface area contributed by atoms with E-state index in [-0.39, 0.29) is 23.7 Å². The van der Waals surface area contributed by atoms with E-state index in [0.29, 0.717) is 12.1 Å². The first-order chi connectivity index (χ1) is 12.6. The molecular formula is C19H18N4O3. The lowest BCUT2D eigenvalue weighted by atomic mass is 10.0.